The number of nitrogens with zero attached hydrogens (tertiary/aromatic N) is 5. The van der Waals surface area contributed by atoms with Crippen LogP contribution in [0.4, 0.5) is 0 Å². The molecule has 3 aromatic heterocycles. The standard InChI is InChI=1S/C23H29N5O2/c1-15-12-21-24-13-19(20-11-16(2)26-30-20)22(28(21)25-15)18-9-6-10-27(14-18)23(29)17-7-4-3-5-8-17/h11-13,17-18H,3-10,14H2,1-2H3/t18-/m0/s1. The molecule has 1 aliphatic carbocycles. The third kappa shape index (κ3) is 3.50. The number of aromatic nitrogens is 4. The molecule has 7 heteroatoms. The highest BCUT2D eigenvalue weighted by Gasteiger charge is 2.33. The number of likely N-dealkylation sites (tertiary alicyclic amines) is 1. The van der Waals surface area contributed by atoms with E-state index in [1.807, 2.05) is 36.7 Å². The minimum Gasteiger partial charge on any atom is -0.356 e. The number of aryl methyl sites for hydroxylation is 2. The molecule has 0 aromatic carbocycles. The van der Waals surface area contributed by atoms with Crippen LogP contribution in [0.15, 0.2) is 22.9 Å². The number of hydrogen-bond donors (Lipinski definition) is 0. The predicted molar refractivity (Wildman–Crippen MR) is 113 cm³/mol. The molecule has 0 unspecified atom stereocenters. The molecule has 1 aliphatic heterocycles. The molecule has 158 valence electrons. The van der Waals surface area contributed by atoms with Crippen LogP contribution < -0.4 is 0 Å². The van der Waals surface area contributed by atoms with E-state index in [-0.39, 0.29) is 11.8 Å². The van der Waals surface area contributed by atoms with Gasteiger partial charge >= 0.3 is 0 Å². The first-order chi connectivity index (χ1) is 14.6. The summed E-state index contributed by atoms with van der Waals surface area (Å²) in [6.45, 7) is 5.49. The summed E-state index contributed by atoms with van der Waals surface area (Å²) in [5, 5.41) is 8.80. The minimum absolute atomic E-state index is 0.191. The molecule has 30 heavy (non-hydrogen) atoms. The first-order valence-corrected chi connectivity index (χ1v) is 11.2. The lowest BCUT2D eigenvalue weighted by molar-refractivity contribution is -0.137. The summed E-state index contributed by atoms with van der Waals surface area (Å²) < 4.78 is 7.54. The van der Waals surface area contributed by atoms with Gasteiger partial charge in [0, 0.05) is 43.3 Å². The monoisotopic (exact) mass is 407 g/mol. The highest BCUT2D eigenvalue weighted by atomic mass is 16.5. The fraction of sp³-hybridized carbons (Fsp3) is 0.565. The van der Waals surface area contributed by atoms with Gasteiger partial charge in [-0.2, -0.15) is 5.10 Å². The van der Waals surface area contributed by atoms with Gasteiger partial charge in [-0.05, 0) is 39.5 Å². The average molecular weight is 408 g/mol. The van der Waals surface area contributed by atoms with Crippen LogP contribution >= 0.6 is 0 Å². The fourth-order valence-electron chi connectivity index (χ4n) is 5.15. The maximum atomic E-state index is 13.2. The van der Waals surface area contributed by atoms with Gasteiger partial charge in [-0.25, -0.2) is 9.50 Å². The van der Waals surface area contributed by atoms with Crippen molar-refractivity contribution in [2.24, 2.45) is 5.92 Å². The molecule has 5 rings (SSSR count). The van der Waals surface area contributed by atoms with E-state index in [1.54, 1.807) is 0 Å². The van der Waals surface area contributed by atoms with Crippen molar-refractivity contribution < 1.29 is 9.32 Å². The normalized spacial score (nSPS) is 20.7. The SMILES string of the molecule is Cc1cc(-c2cnc3cc(C)nn3c2[C@H]2CCCN(C(=O)C3CCCCC3)C2)on1. The molecule has 1 saturated heterocycles. The van der Waals surface area contributed by atoms with E-state index >= 15 is 0 Å². The Hall–Kier alpha value is -2.70. The Morgan fingerprint density at radius 1 is 1.07 bits per heavy atom. The van der Waals surface area contributed by atoms with Gasteiger partial charge in [0.2, 0.25) is 5.91 Å². The van der Waals surface area contributed by atoms with Gasteiger partial charge in [-0.15, -0.1) is 0 Å². The maximum absolute atomic E-state index is 13.2. The highest BCUT2D eigenvalue weighted by Crippen LogP contribution is 2.36. The van der Waals surface area contributed by atoms with Crippen LogP contribution in [-0.4, -0.2) is 43.7 Å². The number of hydrogen-bond acceptors (Lipinski definition) is 5. The Bertz CT molecular complexity index is 1060. The average Bonchev–Trinajstić information content (AvgIpc) is 3.37. The van der Waals surface area contributed by atoms with Gasteiger partial charge in [0.1, 0.15) is 0 Å². The second kappa shape index (κ2) is 7.85. The lowest BCUT2D eigenvalue weighted by Crippen LogP contribution is -2.43. The largest absolute Gasteiger partial charge is 0.356 e. The smallest absolute Gasteiger partial charge is 0.225 e. The van der Waals surface area contributed by atoms with Gasteiger partial charge in [-0.1, -0.05) is 24.4 Å². The zero-order valence-electron chi connectivity index (χ0n) is 17.8. The van der Waals surface area contributed by atoms with Gasteiger partial charge in [0.05, 0.1) is 22.6 Å². The first kappa shape index (κ1) is 19.3. The third-order valence-corrected chi connectivity index (χ3v) is 6.61. The number of rotatable bonds is 3. The second-order valence-electron chi connectivity index (χ2n) is 8.90. The van der Waals surface area contributed by atoms with E-state index in [4.69, 9.17) is 9.62 Å². The van der Waals surface area contributed by atoms with Crippen molar-refractivity contribution in [3.8, 4) is 11.3 Å². The number of fused-ring (bicyclic) bond motifs is 1. The Morgan fingerprint density at radius 2 is 1.90 bits per heavy atom. The van der Waals surface area contributed by atoms with Crippen LogP contribution in [0.1, 0.15) is 67.9 Å². The van der Waals surface area contributed by atoms with Crippen LogP contribution in [0.3, 0.4) is 0 Å². The molecule has 4 heterocycles. The van der Waals surface area contributed by atoms with Crippen molar-refractivity contribution in [2.45, 2.75) is 64.7 Å². The summed E-state index contributed by atoms with van der Waals surface area (Å²) >= 11 is 0. The predicted octanol–water partition coefficient (Wildman–Crippen LogP) is 4.29. The van der Waals surface area contributed by atoms with Crippen molar-refractivity contribution in [1.82, 2.24) is 24.7 Å². The van der Waals surface area contributed by atoms with Gasteiger partial charge in [-0.3, -0.25) is 4.79 Å². The van der Waals surface area contributed by atoms with E-state index in [0.717, 1.165) is 67.1 Å². The summed E-state index contributed by atoms with van der Waals surface area (Å²) in [7, 11) is 0. The molecule has 0 radical (unpaired) electrons. The first-order valence-electron chi connectivity index (χ1n) is 11.2. The van der Waals surface area contributed by atoms with Crippen LogP contribution in [0.5, 0.6) is 0 Å². The topological polar surface area (TPSA) is 76.5 Å². The molecule has 1 atom stereocenters. The van der Waals surface area contributed by atoms with Crippen molar-refractivity contribution >= 4 is 11.6 Å². The third-order valence-electron chi connectivity index (χ3n) is 6.61. The molecular formula is C23H29N5O2. The van der Waals surface area contributed by atoms with Gasteiger partial charge in [0.15, 0.2) is 11.4 Å². The van der Waals surface area contributed by atoms with Crippen LogP contribution in [-0.2, 0) is 4.79 Å². The van der Waals surface area contributed by atoms with Gasteiger partial charge in [0.25, 0.3) is 0 Å². The molecule has 2 fully saturated rings. The van der Waals surface area contributed by atoms with E-state index in [9.17, 15) is 4.79 Å². The zero-order valence-corrected chi connectivity index (χ0v) is 17.8. The Labute approximate surface area is 176 Å². The van der Waals surface area contributed by atoms with Crippen LogP contribution in [0.2, 0.25) is 0 Å². The zero-order chi connectivity index (χ0) is 20.7. The molecule has 0 N–H and O–H groups in total. The Kier molecular flexibility index (Phi) is 5.05. The number of amides is 1. The van der Waals surface area contributed by atoms with E-state index < -0.39 is 0 Å². The van der Waals surface area contributed by atoms with Crippen molar-refractivity contribution in [1.29, 1.82) is 0 Å². The highest BCUT2D eigenvalue weighted by molar-refractivity contribution is 5.79. The lowest BCUT2D eigenvalue weighted by Gasteiger charge is -2.36. The fourth-order valence-corrected chi connectivity index (χ4v) is 5.15. The minimum atomic E-state index is 0.191. The molecule has 2 aliphatic rings. The summed E-state index contributed by atoms with van der Waals surface area (Å²) in [5.41, 5.74) is 4.60. The molecule has 7 nitrogen and oxygen atoms in total. The number of carbonyl (C=O) groups excluding carboxylic acids is 1. The van der Waals surface area contributed by atoms with Crippen LogP contribution in [0, 0.1) is 19.8 Å². The van der Waals surface area contributed by atoms with Crippen LogP contribution in [0.25, 0.3) is 17.0 Å². The van der Waals surface area contributed by atoms with Crippen molar-refractivity contribution in [3.63, 3.8) is 0 Å². The maximum Gasteiger partial charge on any atom is 0.225 e. The van der Waals surface area contributed by atoms with Gasteiger partial charge < -0.3 is 9.42 Å². The quantitative estimate of drug-likeness (QED) is 0.647. The molecular weight excluding hydrogens is 378 g/mol. The second-order valence-corrected chi connectivity index (χ2v) is 8.90. The van der Waals surface area contributed by atoms with E-state index in [2.05, 4.69) is 15.0 Å². The summed E-state index contributed by atoms with van der Waals surface area (Å²) in [6.07, 6.45) is 9.60. The Morgan fingerprint density at radius 3 is 2.67 bits per heavy atom. The summed E-state index contributed by atoms with van der Waals surface area (Å²) in [6, 6.07) is 3.93. The van der Waals surface area contributed by atoms with E-state index in [0.29, 0.717) is 11.7 Å². The number of piperidine rings is 1. The summed E-state index contributed by atoms with van der Waals surface area (Å²) in [5.74, 6) is 1.45. The molecule has 1 saturated carbocycles. The molecule has 0 spiro atoms. The lowest BCUT2D eigenvalue weighted by atomic mass is 9.86. The summed E-state index contributed by atoms with van der Waals surface area (Å²) in [4.78, 5) is 19.9. The molecule has 1 amide bonds. The van der Waals surface area contributed by atoms with Crippen molar-refractivity contribution in [3.05, 3.63) is 35.4 Å². The van der Waals surface area contributed by atoms with E-state index in [1.165, 1.54) is 19.3 Å². The number of carbonyl (C=O) groups is 1. The molecule has 3 aromatic rings. The Balaban J connectivity index is 1.51. The molecule has 0 bridgehead atoms. The van der Waals surface area contributed by atoms with Crippen molar-refractivity contribution in [2.75, 3.05) is 13.1 Å².